The third kappa shape index (κ3) is 2.20. The second kappa shape index (κ2) is 4.15. The molecule has 2 fully saturated rings. The van der Waals surface area contributed by atoms with Crippen molar-refractivity contribution in [2.24, 2.45) is 0 Å². The maximum atomic E-state index is 11.7. The molecule has 1 saturated heterocycles. The molecule has 1 saturated carbocycles. The summed E-state index contributed by atoms with van der Waals surface area (Å²) in [5.74, 6) is -0.194. The average molecular weight is 232 g/mol. The van der Waals surface area contributed by atoms with E-state index < -0.39 is 0 Å². The van der Waals surface area contributed by atoms with E-state index in [1.165, 1.54) is 12.0 Å². The summed E-state index contributed by atoms with van der Waals surface area (Å²) in [4.78, 5) is 11.7. The Kier molecular flexibility index (Phi) is 2.63. The predicted molar refractivity (Wildman–Crippen MR) is 62.5 cm³/mol. The predicted octanol–water partition coefficient (Wildman–Crippen LogP) is 2.53. The molecule has 1 aliphatic heterocycles. The minimum absolute atomic E-state index is 0.0943. The van der Waals surface area contributed by atoms with Gasteiger partial charge in [-0.15, -0.1) is 0 Å². The van der Waals surface area contributed by atoms with E-state index >= 15 is 0 Å². The normalized spacial score (nSPS) is 27.4. The highest BCUT2D eigenvalue weighted by atomic mass is 16.6. The number of hydrogen-bond acceptors (Lipinski definition) is 3. The molecule has 0 N–H and O–H groups in total. The van der Waals surface area contributed by atoms with Gasteiger partial charge in [-0.25, -0.2) is 4.79 Å². The molecule has 1 aromatic rings. The van der Waals surface area contributed by atoms with Crippen LogP contribution in [0.4, 0.5) is 0 Å². The Balaban J connectivity index is 1.58. The molecule has 0 bridgehead atoms. The summed E-state index contributed by atoms with van der Waals surface area (Å²) in [6.45, 7) is 2.04. The van der Waals surface area contributed by atoms with Gasteiger partial charge in [-0.2, -0.15) is 0 Å². The second-order valence-corrected chi connectivity index (χ2v) is 4.88. The number of aryl methyl sites for hydroxylation is 1. The Bertz CT molecular complexity index is 420. The molecule has 3 nitrogen and oxygen atoms in total. The molecule has 1 aromatic carbocycles. The van der Waals surface area contributed by atoms with Crippen molar-refractivity contribution >= 4 is 5.97 Å². The Hall–Kier alpha value is -1.35. The summed E-state index contributed by atoms with van der Waals surface area (Å²) >= 11 is 0. The number of rotatable bonds is 3. The number of benzene rings is 1. The van der Waals surface area contributed by atoms with Crippen LogP contribution in [0.5, 0.6) is 0 Å². The van der Waals surface area contributed by atoms with E-state index in [4.69, 9.17) is 9.47 Å². The van der Waals surface area contributed by atoms with Gasteiger partial charge in [0.05, 0.1) is 0 Å². The maximum absolute atomic E-state index is 11.7. The zero-order valence-electron chi connectivity index (χ0n) is 9.89. The molecule has 0 aromatic heterocycles. The smallest absolute Gasteiger partial charge is 0.338 e. The van der Waals surface area contributed by atoms with Crippen LogP contribution in [0.25, 0.3) is 0 Å². The van der Waals surface area contributed by atoms with Crippen LogP contribution in [0.1, 0.15) is 36.5 Å². The van der Waals surface area contributed by atoms with Gasteiger partial charge in [0.25, 0.3) is 0 Å². The van der Waals surface area contributed by atoms with Crippen LogP contribution < -0.4 is 0 Å². The molecule has 2 atom stereocenters. The fourth-order valence-electron chi connectivity index (χ4n) is 2.02. The van der Waals surface area contributed by atoms with Crippen molar-refractivity contribution in [3.63, 3.8) is 0 Å². The molecule has 3 heteroatoms. The molecule has 3 rings (SSSR count). The molecule has 17 heavy (non-hydrogen) atoms. The van der Waals surface area contributed by atoms with Crippen LogP contribution in [0.2, 0.25) is 0 Å². The molecule has 2 aliphatic rings. The molecular formula is C14H16O3. The Morgan fingerprint density at radius 2 is 2.00 bits per heavy atom. The van der Waals surface area contributed by atoms with E-state index in [2.05, 4.69) is 0 Å². The second-order valence-electron chi connectivity index (χ2n) is 4.88. The van der Waals surface area contributed by atoms with Crippen LogP contribution in [-0.4, -0.2) is 18.2 Å². The van der Waals surface area contributed by atoms with Crippen molar-refractivity contribution in [3.8, 4) is 0 Å². The van der Waals surface area contributed by atoms with Gasteiger partial charge in [-0.1, -0.05) is 29.8 Å². The fourth-order valence-corrected chi connectivity index (χ4v) is 2.02. The summed E-state index contributed by atoms with van der Waals surface area (Å²) in [6, 6.07) is 8.09. The first-order valence-corrected chi connectivity index (χ1v) is 6.16. The molecular weight excluding hydrogens is 216 g/mol. The monoisotopic (exact) mass is 232 g/mol. The highest BCUT2D eigenvalue weighted by molar-refractivity contribution is 5.78. The molecule has 0 spiro atoms. The summed E-state index contributed by atoms with van der Waals surface area (Å²) in [5, 5.41) is 0. The molecule has 90 valence electrons. The van der Waals surface area contributed by atoms with Gasteiger partial charge in [0, 0.05) is 0 Å². The lowest BCUT2D eigenvalue weighted by molar-refractivity contribution is -0.154. The van der Waals surface area contributed by atoms with Gasteiger partial charge in [0.15, 0.2) is 6.10 Å². The SMILES string of the molecule is Cc1ccc(C2OC2C(=O)OC2CCC2)cc1. The van der Waals surface area contributed by atoms with E-state index in [1.807, 2.05) is 31.2 Å². The summed E-state index contributed by atoms with van der Waals surface area (Å²) in [5.41, 5.74) is 2.27. The standard InChI is InChI=1S/C14H16O3/c1-9-5-7-10(8-6-9)12-13(17-12)14(15)16-11-3-2-4-11/h5-8,11-13H,2-4H2,1H3. The van der Waals surface area contributed by atoms with Crippen LogP contribution in [0.3, 0.4) is 0 Å². The van der Waals surface area contributed by atoms with Crippen molar-refractivity contribution in [2.75, 3.05) is 0 Å². The third-order valence-electron chi connectivity index (χ3n) is 3.46. The van der Waals surface area contributed by atoms with Gasteiger partial charge in [-0.05, 0) is 31.7 Å². The zero-order valence-corrected chi connectivity index (χ0v) is 9.89. The number of esters is 1. The first kappa shape index (κ1) is 10.8. The van der Waals surface area contributed by atoms with Gasteiger partial charge in [-0.3, -0.25) is 0 Å². The van der Waals surface area contributed by atoms with Crippen LogP contribution in [-0.2, 0) is 14.3 Å². The first-order chi connectivity index (χ1) is 8.24. The van der Waals surface area contributed by atoms with E-state index in [0.717, 1.165) is 18.4 Å². The Morgan fingerprint density at radius 3 is 2.59 bits per heavy atom. The van der Waals surface area contributed by atoms with Crippen LogP contribution in [0, 0.1) is 6.92 Å². The van der Waals surface area contributed by atoms with Gasteiger partial charge < -0.3 is 9.47 Å². The van der Waals surface area contributed by atoms with E-state index in [9.17, 15) is 4.79 Å². The Labute approximate surface area is 101 Å². The van der Waals surface area contributed by atoms with Crippen LogP contribution >= 0.6 is 0 Å². The number of hydrogen-bond donors (Lipinski definition) is 0. The molecule has 1 aliphatic carbocycles. The molecule has 0 amide bonds. The average Bonchev–Trinajstić information content (AvgIpc) is 3.04. The zero-order chi connectivity index (χ0) is 11.8. The number of carbonyl (C=O) groups is 1. The van der Waals surface area contributed by atoms with Crippen molar-refractivity contribution in [3.05, 3.63) is 35.4 Å². The Morgan fingerprint density at radius 1 is 1.29 bits per heavy atom. The van der Waals surface area contributed by atoms with E-state index in [0.29, 0.717) is 0 Å². The maximum Gasteiger partial charge on any atom is 0.338 e. The van der Waals surface area contributed by atoms with Gasteiger partial charge in [0.2, 0.25) is 0 Å². The molecule has 1 heterocycles. The summed E-state index contributed by atoms with van der Waals surface area (Å²) < 4.78 is 10.7. The largest absolute Gasteiger partial charge is 0.460 e. The van der Waals surface area contributed by atoms with E-state index in [1.54, 1.807) is 0 Å². The summed E-state index contributed by atoms with van der Waals surface area (Å²) in [7, 11) is 0. The van der Waals surface area contributed by atoms with Crippen LogP contribution in [0.15, 0.2) is 24.3 Å². The van der Waals surface area contributed by atoms with Crippen molar-refractivity contribution in [1.29, 1.82) is 0 Å². The summed E-state index contributed by atoms with van der Waals surface area (Å²) in [6.07, 6.45) is 2.86. The lowest BCUT2D eigenvalue weighted by atomic mass is 9.96. The quantitative estimate of drug-likeness (QED) is 0.593. The van der Waals surface area contributed by atoms with Crippen molar-refractivity contribution in [2.45, 2.75) is 44.5 Å². The van der Waals surface area contributed by atoms with Gasteiger partial charge in [0.1, 0.15) is 12.2 Å². The lowest BCUT2D eigenvalue weighted by Gasteiger charge is -2.24. The van der Waals surface area contributed by atoms with E-state index in [-0.39, 0.29) is 24.3 Å². The van der Waals surface area contributed by atoms with Crippen molar-refractivity contribution < 1.29 is 14.3 Å². The molecule has 0 radical (unpaired) electrons. The topological polar surface area (TPSA) is 38.8 Å². The van der Waals surface area contributed by atoms with Crippen molar-refractivity contribution in [1.82, 2.24) is 0 Å². The highest BCUT2D eigenvalue weighted by Gasteiger charge is 2.48. The minimum Gasteiger partial charge on any atom is -0.460 e. The fraction of sp³-hybridized carbons (Fsp3) is 0.500. The van der Waals surface area contributed by atoms with Gasteiger partial charge >= 0.3 is 5.97 Å². The minimum atomic E-state index is -0.377. The number of epoxide rings is 1. The first-order valence-electron chi connectivity index (χ1n) is 6.16. The molecule has 2 unspecified atom stereocenters. The number of ether oxygens (including phenoxy) is 2. The number of carbonyl (C=O) groups excluding carboxylic acids is 1. The third-order valence-corrected chi connectivity index (χ3v) is 3.46. The lowest BCUT2D eigenvalue weighted by Crippen LogP contribution is -2.27. The highest BCUT2D eigenvalue weighted by Crippen LogP contribution is 2.40.